The minimum absolute atomic E-state index is 0.160. The van der Waals surface area contributed by atoms with Gasteiger partial charge in [-0.2, -0.15) is 0 Å². The molecule has 1 fully saturated rings. The van der Waals surface area contributed by atoms with Gasteiger partial charge in [-0.05, 0) is 43.2 Å². The van der Waals surface area contributed by atoms with Gasteiger partial charge in [0.1, 0.15) is 11.9 Å². The minimum Gasteiger partial charge on any atom is -0.488 e. The molecule has 2 heteroatoms. The van der Waals surface area contributed by atoms with Gasteiger partial charge in [0.05, 0.1) is 0 Å². The van der Waals surface area contributed by atoms with Crippen molar-refractivity contribution in [2.24, 2.45) is 17.6 Å². The quantitative estimate of drug-likeness (QED) is 0.851. The van der Waals surface area contributed by atoms with E-state index in [9.17, 15) is 0 Å². The van der Waals surface area contributed by atoms with Crippen molar-refractivity contribution < 1.29 is 4.74 Å². The van der Waals surface area contributed by atoms with Crippen LogP contribution in [0.5, 0.6) is 5.75 Å². The molecular formula is C15H23NO. The first kappa shape index (κ1) is 12.4. The molecule has 2 rings (SSSR count). The molecule has 0 amide bonds. The Kier molecular flexibility index (Phi) is 3.72. The molecule has 0 aromatic heterocycles. The molecule has 94 valence electrons. The molecule has 1 saturated carbocycles. The summed E-state index contributed by atoms with van der Waals surface area (Å²) < 4.78 is 6.13. The van der Waals surface area contributed by atoms with Crippen LogP contribution in [0.1, 0.15) is 32.3 Å². The van der Waals surface area contributed by atoms with Crippen molar-refractivity contribution in [3.63, 3.8) is 0 Å². The van der Waals surface area contributed by atoms with Crippen LogP contribution in [0.2, 0.25) is 0 Å². The molecule has 1 aliphatic rings. The number of ether oxygens (including phenoxy) is 1. The normalized spacial score (nSPS) is 33.4. The van der Waals surface area contributed by atoms with E-state index in [1.54, 1.807) is 0 Å². The molecule has 0 heterocycles. The standard InChI is InChI=1S/C15H23NO/c1-10-8-12(3)15(13(16)9-10)17-14-7-5-4-6-11(14)2/h4-7,10,12-13,15H,8-9,16H2,1-3H3. The number of aryl methyl sites for hydroxylation is 1. The first-order chi connectivity index (χ1) is 8.08. The summed E-state index contributed by atoms with van der Waals surface area (Å²) in [5.41, 5.74) is 7.42. The third-order valence-electron chi connectivity index (χ3n) is 3.79. The van der Waals surface area contributed by atoms with Crippen LogP contribution in [0.25, 0.3) is 0 Å². The number of para-hydroxylation sites is 1. The van der Waals surface area contributed by atoms with Crippen LogP contribution in [0.15, 0.2) is 24.3 Å². The van der Waals surface area contributed by atoms with Crippen molar-refractivity contribution >= 4 is 0 Å². The van der Waals surface area contributed by atoms with Gasteiger partial charge in [-0.3, -0.25) is 0 Å². The van der Waals surface area contributed by atoms with E-state index in [2.05, 4.69) is 26.8 Å². The molecule has 0 aliphatic heterocycles. The highest BCUT2D eigenvalue weighted by molar-refractivity contribution is 5.32. The fourth-order valence-electron chi connectivity index (χ4n) is 2.92. The maximum absolute atomic E-state index is 6.23. The predicted molar refractivity (Wildman–Crippen MR) is 71.1 cm³/mol. The van der Waals surface area contributed by atoms with E-state index in [0.29, 0.717) is 5.92 Å². The number of nitrogens with two attached hydrogens (primary N) is 1. The largest absolute Gasteiger partial charge is 0.488 e. The lowest BCUT2D eigenvalue weighted by Crippen LogP contribution is -2.48. The van der Waals surface area contributed by atoms with Crippen molar-refractivity contribution in [2.75, 3.05) is 0 Å². The maximum atomic E-state index is 6.23. The molecule has 1 aliphatic carbocycles. The summed E-state index contributed by atoms with van der Waals surface area (Å²) >= 11 is 0. The van der Waals surface area contributed by atoms with Gasteiger partial charge in [0.2, 0.25) is 0 Å². The van der Waals surface area contributed by atoms with E-state index in [1.165, 1.54) is 12.0 Å². The minimum atomic E-state index is 0.160. The summed E-state index contributed by atoms with van der Waals surface area (Å²) in [6.45, 7) is 6.61. The van der Waals surface area contributed by atoms with Crippen molar-refractivity contribution in [3.8, 4) is 5.75 Å². The predicted octanol–water partition coefficient (Wildman–Crippen LogP) is 3.14. The number of rotatable bonds is 2. The van der Waals surface area contributed by atoms with Crippen molar-refractivity contribution in [1.29, 1.82) is 0 Å². The lowest BCUT2D eigenvalue weighted by Gasteiger charge is -2.37. The van der Waals surface area contributed by atoms with Gasteiger partial charge in [0.15, 0.2) is 0 Å². The van der Waals surface area contributed by atoms with Crippen molar-refractivity contribution in [1.82, 2.24) is 0 Å². The van der Waals surface area contributed by atoms with Gasteiger partial charge in [-0.25, -0.2) is 0 Å². The summed E-state index contributed by atoms with van der Waals surface area (Å²) in [6, 6.07) is 8.33. The van der Waals surface area contributed by atoms with Crippen LogP contribution < -0.4 is 10.5 Å². The van der Waals surface area contributed by atoms with E-state index < -0.39 is 0 Å². The lowest BCUT2D eigenvalue weighted by atomic mass is 9.78. The van der Waals surface area contributed by atoms with Crippen LogP contribution in [-0.4, -0.2) is 12.1 Å². The van der Waals surface area contributed by atoms with Crippen molar-refractivity contribution in [2.45, 2.75) is 45.8 Å². The van der Waals surface area contributed by atoms with E-state index in [4.69, 9.17) is 10.5 Å². The summed E-state index contributed by atoms with van der Waals surface area (Å²) in [6.07, 6.45) is 2.44. The molecule has 17 heavy (non-hydrogen) atoms. The average Bonchev–Trinajstić information content (AvgIpc) is 2.25. The van der Waals surface area contributed by atoms with Crippen LogP contribution >= 0.6 is 0 Å². The zero-order valence-corrected chi connectivity index (χ0v) is 11.0. The number of benzene rings is 1. The summed E-state index contributed by atoms with van der Waals surface area (Å²) in [7, 11) is 0. The Morgan fingerprint density at radius 3 is 2.53 bits per heavy atom. The molecule has 1 aromatic rings. The number of hydrogen-bond acceptors (Lipinski definition) is 2. The van der Waals surface area contributed by atoms with Gasteiger partial charge >= 0.3 is 0 Å². The SMILES string of the molecule is Cc1ccccc1OC1C(C)CC(C)CC1N. The fourth-order valence-corrected chi connectivity index (χ4v) is 2.92. The third kappa shape index (κ3) is 2.81. The topological polar surface area (TPSA) is 35.2 Å². The van der Waals surface area contributed by atoms with E-state index in [1.807, 2.05) is 18.2 Å². The molecular weight excluding hydrogens is 210 g/mol. The Hall–Kier alpha value is -1.02. The summed E-state index contributed by atoms with van der Waals surface area (Å²) in [4.78, 5) is 0. The zero-order chi connectivity index (χ0) is 12.4. The van der Waals surface area contributed by atoms with E-state index in [0.717, 1.165) is 18.1 Å². The van der Waals surface area contributed by atoms with Crippen molar-refractivity contribution in [3.05, 3.63) is 29.8 Å². The highest BCUT2D eigenvalue weighted by Crippen LogP contribution is 2.31. The van der Waals surface area contributed by atoms with Gasteiger partial charge in [-0.15, -0.1) is 0 Å². The number of hydrogen-bond donors (Lipinski definition) is 1. The van der Waals surface area contributed by atoms with Crippen LogP contribution in [0.3, 0.4) is 0 Å². The van der Waals surface area contributed by atoms with Gasteiger partial charge < -0.3 is 10.5 Å². The Balaban J connectivity index is 2.10. The smallest absolute Gasteiger partial charge is 0.122 e. The molecule has 4 atom stereocenters. The van der Waals surface area contributed by atoms with E-state index >= 15 is 0 Å². The molecule has 0 spiro atoms. The second-order valence-electron chi connectivity index (χ2n) is 5.57. The molecule has 0 bridgehead atoms. The molecule has 2 nitrogen and oxygen atoms in total. The Morgan fingerprint density at radius 2 is 1.88 bits per heavy atom. The third-order valence-corrected chi connectivity index (χ3v) is 3.79. The molecule has 2 N–H and O–H groups in total. The average molecular weight is 233 g/mol. The second-order valence-corrected chi connectivity index (χ2v) is 5.57. The van der Waals surface area contributed by atoms with Gasteiger partial charge in [-0.1, -0.05) is 32.0 Å². The Bertz CT molecular complexity index is 365. The molecule has 0 saturated heterocycles. The highest BCUT2D eigenvalue weighted by atomic mass is 16.5. The van der Waals surface area contributed by atoms with Crippen LogP contribution in [0, 0.1) is 18.8 Å². The van der Waals surface area contributed by atoms with E-state index in [-0.39, 0.29) is 12.1 Å². The Morgan fingerprint density at radius 1 is 1.18 bits per heavy atom. The second kappa shape index (κ2) is 5.09. The zero-order valence-electron chi connectivity index (χ0n) is 11.0. The molecule has 0 radical (unpaired) electrons. The summed E-state index contributed by atoms with van der Waals surface area (Å²) in [5.74, 6) is 2.24. The maximum Gasteiger partial charge on any atom is 0.122 e. The van der Waals surface area contributed by atoms with Crippen LogP contribution in [0.4, 0.5) is 0 Å². The Labute approximate surface area is 104 Å². The molecule has 1 aromatic carbocycles. The monoisotopic (exact) mass is 233 g/mol. The van der Waals surface area contributed by atoms with Gasteiger partial charge in [0.25, 0.3) is 0 Å². The highest BCUT2D eigenvalue weighted by Gasteiger charge is 2.33. The van der Waals surface area contributed by atoms with Gasteiger partial charge in [0, 0.05) is 6.04 Å². The van der Waals surface area contributed by atoms with Crippen LogP contribution in [-0.2, 0) is 0 Å². The lowest BCUT2D eigenvalue weighted by molar-refractivity contribution is 0.0621. The molecule has 4 unspecified atom stereocenters. The first-order valence-electron chi connectivity index (χ1n) is 6.55. The summed E-state index contributed by atoms with van der Waals surface area (Å²) in [5, 5.41) is 0. The fraction of sp³-hybridized carbons (Fsp3) is 0.600. The first-order valence-corrected chi connectivity index (χ1v) is 6.55.